The van der Waals surface area contributed by atoms with Gasteiger partial charge < -0.3 is 26.8 Å². The molecule has 2 unspecified atom stereocenters. The number of piperidine rings is 1. The zero-order valence-corrected chi connectivity index (χ0v) is 25.3. The zero-order valence-electron chi connectivity index (χ0n) is 23.7. The van der Waals surface area contributed by atoms with Gasteiger partial charge in [-0.3, -0.25) is 4.68 Å². The SMILES string of the molecule is C/C=C\c1cnn2c(N)cc(C3CCCNC3)nc12.Cn1cc(-c2cnn3c(N)c(Br)c(C4CNCCO4)nc23)cn1. The lowest BCUT2D eigenvalue weighted by Gasteiger charge is -2.24. The molecule has 2 fully saturated rings. The predicted octanol–water partition coefficient (Wildman–Crippen LogP) is 2.95. The number of anilines is 2. The summed E-state index contributed by atoms with van der Waals surface area (Å²) in [5.74, 6) is 1.62. The van der Waals surface area contributed by atoms with Gasteiger partial charge in [0.05, 0.1) is 41.1 Å². The second kappa shape index (κ2) is 12.2. The molecule has 5 aromatic heterocycles. The van der Waals surface area contributed by atoms with Crippen molar-refractivity contribution in [2.45, 2.75) is 31.8 Å². The van der Waals surface area contributed by atoms with Crippen molar-refractivity contribution in [1.29, 1.82) is 0 Å². The molecule has 2 aliphatic heterocycles. The Balaban J connectivity index is 0.000000153. The van der Waals surface area contributed by atoms with Crippen LogP contribution in [0.3, 0.4) is 0 Å². The van der Waals surface area contributed by atoms with Crippen LogP contribution in [-0.2, 0) is 11.8 Å². The van der Waals surface area contributed by atoms with Gasteiger partial charge in [0.25, 0.3) is 0 Å². The van der Waals surface area contributed by atoms with Gasteiger partial charge in [-0.1, -0.05) is 12.2 Å². The number of nitrogens with one attached hydrogen (secondary N) is 2. The molecule has 0 amide bonds. The van der Waals surface area contributed by atoms with Crippen LogP contribution in [0.1, 0.15) is 48.7 Å². The summed E-state index contributed by atoms with van der Waals surface area (Å²) in [5.41, 5.74) is 18.6. The molecule has 0 saturated carbocycles. The van der Waals surface area contributed by atoms with Gasteiger partial charge in [0, 0.05) is 61.6 Å². The van der Waals surface area contributed by atoms with E-state index in [1.165, 1.54) is 12.8 Å². The molecular formula is C28H35BrN12O. The van der Waals surface area contributed by atoms with Gasteiger partial charge >= 0.3 is 0 Å². The van der Waals surface area contributed by atoms with Gasteiger partial charge in [-0.05, 0) is 42.2 Å². The van der Waals surface area contributed by atoms with Crippen LogP contribution in [0.5, 0.6) is 0 Å². The molecule has 7 rings (SSSR count). The van der Waals surface area contributed by atoms with E-state index in [9.17, 15) is 0 Å². The zero-order chi connectivity index (χ0) is 29.2. The van der Waals surface area contributed by atoms with Gasteiger partial charge in [0.2, 0.25) is 0 Å². The standard InChI is InChI=1S/C14H16BrN7O.C14H19N5/c1-21-7-8(4-18-21)9-5-19-22-13(16)11(15)12(20-14(9)22)10-6-17-2-3-23-10;1-2-4-11-9-17-19-13(15)7-12(18-14(11)19)10-5-3-6-16-8-10/h4-5,7,10,17H,2-3,6,16H2,1H3;2,4,7,9-10,16H,3,5-6,8,15H2,1H3/b;4-2-. The number of rotatable bonds is 4. The van der Waals surface area contributed by atoms with Crippen LogP contribution >= 0.6 is 15.9 Å². The van der Waals surface area contributed by atoms with Gasteiger partial charge in [0.15, 0.2) is 11.3 Å². The van der Waals surface area contributed by atoms with Crippen molar-refractivity contribution in [1.82, 2.24) is 49.6 Å². The van der Waals surface area contributed by atoms with Crippen molar-refractivity contribution in [3.8, 4) is 11.1 Å². The lowest BCUT2D eigenvalue weighted by molar-refractivity contribution is 0.0247. The van der Waals surface area contributed by atoms with E-state index in [2.05, 4.69) is 41.9 Å². The van der Waals surface area contributed by atoms with Crippen molar-refractivity contribution < 1.29 is 4.74 Å². The molecule has 2 atom stereocenters. The van der Waals surface area contributed by atoms with Crippen LogP contribution in [0.25, 0.3) is 28.5 Å². The first-order chi connectivity index (χ1) is 20.4. The molecule has 0 spiro atoms. The first-order valence-electron chi connectivity index (χ1n) is 14.1. The lowest BCUT2D eigenvalue weighted by Crippen LogP contribution is -2.34. The summed E-state index contributed by atoms with van der Waals surface area (Å²) in [6.07, 6.45) is 13.5. The Morgan fingerprint density at radius 1 is 1.02 bits per heavy atom. The van der Waals surface area contributed by atoms with Crippen molar-refractivity contribution >= 4 is 44.9 Å². The third kappa shape index (κ3) is 5.50. The molecule has 5 aromatic rings. The maximum absolute atomic E-state index is 6.24. The first-order valence-corrected chi connectivity index (χ1v) is 14.9. The van der Waals surface area contributed by atoms with Crippen LogP contribution in [0, 0.1) is 0 Å². The number of hydrogen-bond donors (Lipinski definition) is 4. The third-order valence-corrected chi connectivity index (χ3v) is 8.32. The second-order valence-electron chi connectivity index (χ2n) is 10.4. The van der Waals surface area contributed by atoms with Gasteiger partial charge in [-0.25, -0.2) is 9.97 Å². The topological polar surface area (TPSA) is 164 Å². The highest BCUT2D eigenvalue weighted by Gasteiger charge is 2.25. The molecule has 0 bridgehead atoms. The Morgan fingerprint density at radius 3 is 2.57 bits per heavy atom. The fourth-order valence-electron chi connectivity index (χ4n) is 5.36. The lowest BCUT2D eigenvalue weighted by atomic mass is 9.96. The predicted molar refractivity (Wildman–Crippen MR) is 166 cm³/mol. The van der Waals surface area contributed by atoms with E-state index in [1.54, 1.807) is 26.1 Å². The molecule has 220 valence electrons. The summed E-state index contributed by atoms with van der Waals surface area (Å²) in [7, 11) is 1.88. The number of halogens is 1. The monoisotopic (exact) mass is 634 g/mol. The molecule has 14 heteroatoms. The number of ether oxygens (including phenoxy) is 1. The van der Waals surface area contributed by atoms with Crippen LogP contribution in [-0.4, -0.2) is 71.8 Å². The molecule has 6 N–H and O–H groups in total. The third-order valence-electron chi connectivity index (χ3n) is 7.50. The molecule has 42 heavy (non-hydrogen) atoms. The van der Waals surface area contributed by atoms with Crippen LogP contribution in [0.15, 0.2) is 41.4 Å². The Bertz CT molecular complexity index is 1730. The summed E-state index contributed by atoms with van der Waals surface area (Å²) < 4.78 is 11.6. The smallest absolute Gasteiger partial charge is 0.165 e. The van der Waals surface area contributed by atoms with Gasteiger partial charge in [0.1, 0.15) is 17.7 Å². The maximum Gasteiger partial charge on any atom is 0.165 e. The molecular weight excluding hydrogens is 600 g/mol. The number of fused-ring (bicyclic) bond motifs is 2. The molecule has 2 saturated heterocycles. The van der Waals surface area contributed by atoms with Crippen LogP contribution in [0.4, 0.5) is 11.6 Å². The van der Waals surface area contributed by atoms with Crippen molar-refractivity contribution in [2.75, 3.05) is 44.3 Å². The largest absolute Gasteiger partial charge is 0.384 e. The summed E-state index contributed by atoms with van der Waals surface area (Å²) in [5, 5.41) is 19.6. The Kier molecular flexibility index (Phi) is 8.20. The number of morpholine rings is 1. The molecule has 0 aromatic carbocycles. The van der Waals surface area contributed by atoms with Crippen molar-refractivity contribution in [3.05, 3.63) is 58.4 Å². The fraction of sp³-hybridized carbons (Fsp3) is 0.393. The summed E-state index contributed by atoms with van der Waals surface area (Å²) in [4.78, 5) is 9.54. The summed E-state index contributed by atoms with van der Waals surface area (Å²) in [6, 6.07) is 1.96. The fourth-order valence-corrected chi connectivity index (χ4v) is 5.88. The second-order valence-corrected chi connectivity index (χ2v) is 11.2. The number of aromatic nitrogens is 8. The van der Waals surface area contributed by atoms with Gasteiger partial charge in [-0.2, -0.15) is 24.3 Å². The maximum atomic E-state index is 6.24. The number of nitrogens with two attached hydrogens (primary N) is 2. The quantitative estimate of drug-likeness (QED) is 0.231. The van der Waals surface area contributed by atoms with E-state index >= 15 is 0 Å². The number of hydrogen-bond acceptors (Lipinski definition) is 10. The minimum atomic E-state index is -0.137. The highest BCUT2D eigenvalue weighted by molar-refractivity contribution is 9.10. The van der Waals surface area contributed by atoms with E-state index in [1.807, 2.05) is 44.6 Å². The van der Waals surface area contributed by atoms with E-state index in [0.29, 0.717) is 36.4 Å². The average molecular weight is 636 g/mol. The number of aryl methyl sites for hydroxylation is 1. The van der Waals surface area contributed by atoms with Crippen molar-refractivity contribution in [2.24, 2.45) is 7.05 Å². The number of allylic oxidation sites excluding steroid dienone is 1. The Labute approximate surface area is 251 Å². The Hall–Kier alpha value is -3.85. The summed E-state index contributed by atoms with van der Waals surface area (Å²) >= 11 is 3.53. The molecule has 7 heterocycles. The minimum Gasteiger partial charge on any atom is -0.384 e. The van der Waals surface area contributed by atoms with Gasteiger partial charge in [-0.15, -0.1) is 0 Å². The summed E-state index contributed by atoms with van der Waals surface area (Å²) in [6.45, 7) is 6.28. The van der Waals surface area contributed by atoms with E-state index in [0.717, 1.165) is 57.8 Å². The van der Waals surface area contributed by atoms with E-state index in [-0.39, 0.29) is 6.10 Å². The highest BCUT2D eigenvalue weighted by Crippen LogP contribution is 2.33. The molecule has 0 radical (unpaired) electrons. The first kappa shape index (κ1) is 28.3. The minimum absolute atomic E-state index is 0.137. The number of nitrogen functional groups attached to an aromatic ring is 2. The molecule has 2 aliphatic rings. The van der Waals surface area contributed by atoms with E-state index < -0.39 is 0 Å². The Morgan fingerprint density at radius 2 is 1.86 bits per heavy atom. The average Bonchev–Trinajstić information content (AvgIpc) is 3.75. The normalized spacial score (nSPS) is 19.4. The van der Waals surface area contributed by atoms with E-state index in [4.69, 9.17) is 26.2 Å². The molecule has 0 aliphatic carbocycles. The highest BCUT2D eigenvalue weighted by atomic mass is 79.9. The number of nitrogens with zero attached hydrogens (tertiary/aromatic N) is 8. The van der Waals surface area contributed by atoms with Crippen molar-refractivity contribution in [3.63, 3.8) is 0 Å². The van der Waals surface area contributed by atoms with Crippen LogP contribution < -0.4 is 22.1 Å². The van der Waals surface area contributed by atoms with Crippen LogP contribution in [0.2, 0.25) is 0 Å². The molecule has 13 nitrogen and oxygen atoms in total.